The molecule has 0 radical (unpaired) electrons. The van der Waals surface area contributed by atoms with Crippen LogP contribution in [-0.2, 0) is 28.4 Å². The van der Waals surface area contributed by atoms with Gasteiger partial charge in [-0.1, -0.05) is 6.92 Å². The fourth-order valence-corrected chi connectivity index (χ4v) is 2.62. The van der Waals surface area contributed by atoms with E-state index in [2.05, 4.69) is 10.0 Å². The van der Waals surface area contributed by atoms with Crippen LogP contribution in [0.5, 0.6) is 0 Å². The molecule has 0 spiro atoms. The van der Waals surface area contributed by atoms with Crippen molar-refractivity contribution in [1.29, 1.82) is 0 Å². The summed E-state index contributed by atoms with van der Waals surface area (Å²) < 4.78 is 33.0. The Bertz CT molecular complexity index is 468. The van der Waals surface area contributed by atoms with Gasteiger partial charge < -0.3 is 14.6 Å². The van der Waals surface area contributed by atoms with Gasteiger partial charge in [0.15, 0.2) is 0 Å². The van der Waals surface area contributed by atoms with Crippen molar-refractivity contribution >= 4 is 10.0 Å². The lowest BCUT2D eigenvalue weighted by atomic mass is 10.4. The van der Waals surface area contributed by atoms with E-state index in [0.717, 1.165) is 12.2 Å². The second-order valence-corrected chi connectivity index (χ2v) is 5.72. The Morgan fingerprint density at radius 2 is 2.17 bits per heavy atom. The number of aromatic nitrogens is 1. The van der Waals surface area contributed by atoms with Crippen LogP contribution < -0.4 is 10.0 Å². The Morgan fingerprint density at radius 3 is 2.78 bits per heavy atom. The van der Waals surface area contributed by atoms with E-state index < -0.39 is 10.0 Å². The first-order valence-electron chi connectivity index (χ1n) is 5.85. The molecule has 1 heterocycles. The Balaban J connectivity index is 2.76. The van der Waals surface area contributed by atoms with Crippen LogP contribution in [0.3, 0.4) is 0 Å². The first-order valence-corrected chi connectivity index (χ1v) is 7.34. The molecule has 0 saturated carbocycles. The standard InChI is InChI=1S/C11H21N3O3S/c1-4-12-8-10-7-11(9-14(10)2)18(15,16)13-5-6-17-3/h7,9,12-13H,4-6,8H2,1-3H3. The van der Waals surface area contributed by atoms with Crippen molar-refractivity contribution in [2.75, 3.05) is 26.8 Å². The van der Waals surface area contributed by atoms with E-state index >= 15 is 0 Å². The number of sulfonamides is 1. The first kappa shape index (κ1) is 15.2. The lowest BCUT2D eigenvalue weighted by Gasteiger charge is -2.03. The Hall–Kier alpha value is -0.890. The summed E-state index contributed by atoms with van der Waals surface area (Å²) in [6.45, 7) is 4.14. The van der Waals surface area contributed by atoms with Gasteiger partial charge in [0.25, 0.3) is 0 Å². The van der Waals surface area contributed by atoms with Crippen LogP contribution in [0.1, 0.15) is 12.6 Å². The van der Waals surface area contributed by atoms with Crippen LogP contribution >= 0.6 is 0 Å². The molecule has 1 aromatic rings. The molecule has 0 atom stereocenters. The quantitative estimate of drug-likeness (QED) is 0.658. The van der Waals surface area contributed by atoms with Crippen molar-refractivity contribution in [3.8, 4) is 0 Å². The molecule has 0 fully saturated rings. The SMILES string of the molecule is CCNCc1cc(S(=O)(=O)NCCOC)cn1C. The van der Waals surface area contributed by atoms with Gasteiger partial charge in [0.2, 0.25) is 10.0 Å². The second kappa shape index (κ2) is 6.89. The molecule has 104 valence electrons. The minimum absolute atomic E-state index is 0.274. The lowest BCUT2D eigenvalue weighted by Crippen LogP contribution is -2.26. The van der Waals surface area contributed by atoms with Gasteiger partial charge in [-0.25, -0.2) is 13.1 Å². The third-order valence-corrected chi connectivity index (χ3v) is 3.98. The van der Waals surface area contributed by atoms with Crippen LogP contribution in [0.15, 0.2) is 17.2 Å². The summed E-state index contributed by atoms with van der Waals surface area (Å²) in [4.78, 5) is 0.286. The van der Waals surface area contributed by atoms with E-state index in [0.29, 0.717) is 13.2 Å². The van der Waals surface area contributed by atoms with Crippen LogP contribution in [0.2, 0.25) is 0 Å². The molecule has 18 heavy (non-hydrogen) atoms. The fourth-order valence-electron chi connectivity index (χ4n) is 1.51. The molecule has 2 N–H and O–H groups in total. The molecule has 0 unspecified atom stereocenters. The number of nitrogens with zero attached hydrogens (tertiary/aromatic N) is 1. The van der Waals surface area contributed by atoms with Gasteiger partial charge >= 0.3 is 0 Å². The summed E-state index contributed by atoms with van der Waals surface area (Å²) in [5.41, 5.74) is 0.934. The van der Waals surface area contributed by atoms with E-state index in [4.69, 9.17) is 4.74 Å². The third kappa shape index (κ3) is 4.09. The van der Waals surface area contributed by atoms with Crippen LogP contribution in [0.25, 0.3) is 0 Å². The van der Waals surface area contributed by atoms with Crippen LogP contribution in [-0.4, -0.2) is 39.8 Å². The van der Waals surface area contributed by atoms with Gasteiger partial charge in [-0.3, -0.25) is 0 Å². The minimum Gasteiger partial charge on any atom is -0.383 e. The van der Waals surface area contributed by atoms with E-state index in [9.17, 15) is 8.42 Å². The molecule has 1 aromatic heterocycles. The average molecular weight is 275 g/mol. The molecule has 0 aliphatic rings. The van der Waals surface area contributed by atoms with Crippen molar-refractivity contribution < 1.29 is 13.2 Å². The maximum absolute atomic E-state index is 11.9. The molecule has 0 amide bonds. The summed E-state index contributed by atoms with van der Waals surface area (Å²) in [6, 6.07) is 1.68. The van der Waals surface area contributed by atoms with Crippen molar-refractivity contribution in [1.82, 2.24) is 14.6 Å². The molecular formula is C11H21N3O3S. The zero-order valence-electron chi connectivity index (χ0n) is 11.1. The van der Waals surface area contributed by atoms with Crippen molar-refractivity contribution in [3.05, 3.63) is 18.0 Å². The monoisotopic (exact) mass is 275 g/mol. The van der Waals surface area contributed by atoms with Crippen molar-refractivity contribution in [2.45, 2.75) is 18.4 Å². The predicted octanol–water partition coefficient (Wildman–Crippen LogP) is 0.0593. The van der Waals surface area contributed by atoms with E-state index in [1.54, 1.807) is 12.3 Å². The molecule has 0 aromatic carbocycles. The zero-order chi connectivity index (χ0) is 13.6. The number of methoxy groups -OCH3 is 1. The average Bonchev–Trinajstić information content (AvgIpc) is 2.69. The highest BCUT2D eigenvalue weighted by molar-refractivity contribution is 7.89. The largest absolute Gasteiger partial charge is 0.383 e. The summed E-state index contributed by atoms with van der Waals surface area (Å²) in [5.74, 6) is 0. The van der Waals surface area contributed by atoms with Crippen LogP contribution in [0, 0.1) is 0 Å². The van der Waals surface area contributed by atoms with Gasteiger partial charge in [0, 0.05) is 39.1 Å². The molecule has 0 aliphatic carbocycles. The summed E-state index contributed by atoms with van der Waals surface area (Å²) in [5, 5.41) is 3.17. The molecule has 0 saturated heterocycles. The Morgan fingerprint density at radius 1 is 1.44 bits per heavy atom. The number of hydrogen-bond donors (Lipinski definition) is 2. The smallest absolute Gasteiger partial charge is 0.242 e. The summed E-state index contributed by atoms with van der Waals surface area (Å²) in [7, 11) is -0.0706. The predicted molar refractivity (Wildman–Crippen MR) is 69.9 cm³/mol. The molecular weight excluding hydrogens is 254 g/mol. The zero-order valence-corrected chi connectivity index (χ0v) is 11.9. The van der Waals surface area contributed by atoms with Gasteiger partial charge in [-0.15, -0.1) is 0 Å². The molecule has 6 nitrogen and oxygen atoms in total. The second-order valence-electron chi connectivity index (χ2n) is 3.95. The highest BCUT2D eigenvalue weighted by Gasteiger charge is 2.16. The maximum Gasteiger partial charge on any atom is 0.242 e. The van der Waals surface area contributed by atoms with Gasteiger partial charge in [0.1, 0.15) is 0 Å². The highest BCUT2D eigenvalue weighted by Crippen LogP contribution is 2.13. The van der Waals surface area contributed by atoms with E-state index in [1.165, 1.54) is 7.11 Å². The minimum atomic E-state index is -3.44. The summed E-state index contributed by atoms with van der Waals surface area (Å²) >= 11 is 0. The number of ether oxygens (including phenoxy) is 1. The fraction of sp³-hybridized carbons (Fsp3) is 0.636. The van der Waals surface area contributed by atoms with E-state index in [-0.39, 0.29) is 11.4 Å². The van der Waals surface area contributed by atoms with Crippen LogP contribution in [0.4, 0.5) is 0 Å². The van der Waals surface area contributed by atoms with E-state index in [1.807, 2.05) is 18.5 Å². The molecule has 1 rings (SSSR count). The summed E-state index contributed by atoms with van der Waals surface area (Å²) in [6.07, 6.45) is 1.61. The third-order valence-electron chi connectivity index (χ3n) is 2.55. The number of nitrogens with one attached hydrogen (secondary N) is 2. The molecule has 7 heteroatoms. The van der Waals surface area contributed by atoms with Gasteiger partial charge in [-0.2, -0.15) is 0 Å². The van der Waals surface area contributed by atoms with Gasteiger partial charge in [-0.05, 0) is 12.6 Å². The number of rotatable bonds is 8. The van der Waals surface area contributed by atoms with Gasteiger partial charge in [0.05, 0.1) is 11.5 Å². The first-order chi connectivity index (χ1) is 8.51. The number of hydrogen-bond acceptors (Lipinski definition) is 4. The Kier molecular flexibility index (Phi) is 5.80. The topological polar surface area (TPSA) is 72.4 Å². The van der Waals surface area contributed by atoms with Crippen molar-refractivity contribution in [3.63, 3.8) is 0 Å². The normalized spacial score (nSPS) is 11.9. The van der Waals surface area contributed by atoms with Crippen molar-refractivity contribution in [2.24, 2.45) is 7.05 Å². The lowest BCUT2D eigenvalue weighted by molar-refractivity contribution is 0.204. The Labute approximate surface area is 108 Å². The molecule has 0 aliphatic heterocycles. The number of aryl methyl sites for hydroxylation is 1. The maximum atomic E-state index is 11.9. The molecule has 0 bridgehead atoms. The highest BCUT2D eigenvalue weighted by atomic mass is 32.2.